The molecule has 0 bridgehead atoms. The van der Waals surface area contributed by atoms with Crippen LogP contribution in [-0.2, 0) is 11.3 Å². The number of halogens is 1. The maximum Gasteiger partial charge on any atom is 0.125 e. The van der Waals surface area contributed by atoms with E-state index in [2.05, 4.69) is 0 Å². The molecule has 98 valence electrons. The smallest absolute Gasteiger partial charge is 0.125 e. The Labute approximate surface area is 111 Å². The van der Waals surface area contributed by atoms with Crippen molar-refractivity contribution >= 4 is 0 Å². The Morgan fingerprint density at radius 3 is 2.74 bits per heavy atom. The Balaban J connectivity index is 1.69. The van der Waals surface area contributed by atoms with E-state index in [1.807, 2.05) is 24.3 Å². The van der Waals surface area contributed by atoms with Crippen LogP contribution in [0.2, 0.25) is 0 Å². The fourth-order valence-corrected chi connectivity index (χ4v) is 2.26. The molecule has 0 radical (unpaired) electrons. The minimum Gasteiger partial charge on any atom is -0.493 e. The van der Waals surface area contributed by atoms with E-state index in [0.717, 1.165) is 23.3 Å². The van der Waals surface area contributed by atoms with Gasteiger partial charge < -0.3 is 9.47 Å². The lowest BCUT2D eigenvalue weighted by Crippen LogP contribution is -2.16. The monoisotopic (exact) mass is 258 g/mol. The first-order chi connectivity index (χ1) is 9.33. The summed E-state index contributed by atoms with van der Waals surface area (Å²) in [6.07, 6.45) is 0.896. The Bertz CT molecular complexity index is 551. The van der Waals surface area contributed by atoms with Gasteiger partial charge in [0.25, 0.3) is 0 Å². The van der Waals surface area contributed by atoms with E-state index < -0.39 is 0 Å². The zero-order valence-electron chi connectivity index (χ0n) is 10.5. The third-order valence-electron chi connectivity index (χ3n) is 3.27. The van der Waals surface area contributed by atoms with E-state index in [1.165, 1.54) is 12.1 Å². The third-order valence-corrected chi connectivity index (χ3v) is 3.27. The number of rotatable bonds is 3. The molecule has 1 unspecified atom stereocenters. The predicted octanol–water partition coefficient (Wildman–Crippen LogP) is 3.87. The topological polar surface area (TPSA) is 18.5 Å². The molecular weight excluding hydrogens is 243 g/mol. The molecule has 0 saturated carbocycles. The summed E-state index contributed by atoms with van der Waals surface area (Å²) in [6, 6.07) is 14.4. The molecule has 2 aromatic carbocycles. The lowest BCUT2D eigenvalue weighted by atomic mass is 10.0. The lowest BCUT2D eigenvalue weighted by Gasteiger charge is -2.26. The summed E-state index contributed by atoms with van der Waals surface area (Å²) in [4.78, 5) is 0. The predicted molar refractivity (Wildman–Crippen MR) is 70.5 cm³/mol. The molecule has 0 fully saturated rings. The van der Waals surface area contributed by atoms with Crippen molar-refractivity contribution in [1.82, 2.24) is 0 Å². The van der Waals surface area contributed by atoms with Crippen LogP contribution in [-0.4, -0.2) is 6.61 Å². The molecule has 0 spiro atoms. The van der Waals surface area contributed by atoms with Crippen molar-refractivity contribution in [3.63, 3.8) is 0 Å². The average Bonchev–Trinajstić information content (AvgIpc) is 2.47. The molecule has 1 atom stereocenters. The van der Waals surface area contributed by atoms with E-state index in [0.29, 0.717) is 13.2 Å². The Morgan fingerprint density at radius 2 is 1.89 bits per heavy atom. The van der Waals surface area contributed by atoms with Gasteiger partial charge in [-0.2, -0.15) is 0 Å². The minimum absolute atomic E-state index is 0.0509. The van der Waals surface area contributed by atoms with Gasteiger partial charge in [-0.15, -0.1) is 0 Å². The maximum absolute atomic E-state index is 12.8. The maximum atomic E-state index is 12.8. The normalized spacial score (nSPS) is 17.6. The van der Waals surface area contributed by atoms with Crippen LogP contribution >= 0.6 is 0 Å². The van der Waals surface area contributed by atoms with Crippen LogP contribution in [0.25, 0.3) is 0 Å². The summed E-state index contributed by atoms with van der Waals surface area (Å²) in [5.41, 5.74) is 2.07. The Hall–Kier alpha value is -1.87. The summed E-state index contributed by atoms with van der Waals surface area (Å²) in [7, 11) is 0. The van der Waals surface area contributed by atoms with Gasteiger partial charge in [-0.3, -0.25) is 0 Å². The van der Waals surface area contributed by atoms with Gasteiger partial charge in [0.15, 0.2) is 0 Å². The van der Waals surface area contributed by atoms with Crippen molar-refractivity contribution in [2.24, 2.45) is 0 Å². The molecule has 0 aliphatic carbocycles. The van der Waals surface area contributed by atoms with Gasteiger partial charge in [0, 0.05) is 12.0 Å². The fraction of sp³-hybridized carbons (Fsp3) is 0.250. The highest BCUT2D eigenvalue weighted by Gasteiger charge is 2.21. The van der Waals surface area contributed by atoms with Crippen molar-refractivity contribution < 1.29 is 13.9 Å². The number of hydrogen-bond donors (Lipinski definition) is 0. The largest absolute Gasteiger partial charge is 0.493 e. The molecule has 2 nitrogen and oxygen atoms in total. The van der Waals surface area contributed by atoms with E-state index in [1.54, 1.807) is 12.1 Å². The van der Waals surface area contributed by atoms with Gasteiger partial charge in [-0.1, -0.05) is 30.3 Å². The summed E-state index contributed by atoms with van der Waals surface area (Å²) in [6.45, 7) is 1.16. The third kappa shape index (κ3) is 2.76. The van der Waals surface area contributed by atoms with Crippen molar-refractivity contribution in [2.45, 2.75) is 19.1 Å². The van der Waals surface area contributed by atoms with Crippen molar-refractivity contribution in [1.29, 1.82) is 0 Å². The van der Waals surface area contributed by atoms with Crippen LogP contribution < -0.4 is 4.74 Å². The van der Waals surface area contributed by atoms with Crippen LogP contribution in [0.4, 0.5) is 4.39 Å². The van der Waals surface area contributed by atoms with Gasteiger partial charge in [0.05, 0.1) is 19.3 Å². The van der Waals surface area contributed by atoms with Crippen LogP contribution in [0.1, 0.15) is 23.7 Å². The highest BCUT2D eigenvalue weighted by atomic mass is 19.1. The van der Waals surface area contributed by atoms with Crippen molar-refractivity contribution in [2.75, 3.05) is 6.61 Å². The van der Waals surface area contributed by atoms with E-state index >= 15 is 0 Å². The van der Waals surface area contributed by atoms with E-state index in [9.17, 15) is 4.39 Å². The average molecular weight is 258 g/mol. The molecule has 2 aromatic rings. The fourth-order valence-electron chi connectivity index (χ4n) is 2.26. The highest BCUT2D eigenvalue weighted by Crippen LogP contribution is 2.34. The Kier molecular flexibility index (Phi) is 3.47. The SMILES string of the molecule is Fc1ccc(COC2CCOc3ccccc32)cc1. The summed E-state index contributed by atoms with van der Waals surface area (Å²) >= 11 is 0. The molecular formula is C16H15FO2. The number of ether oxygens (including phenoxy) is 2. The number of hydrogen-bond acceptors (Lipinski definition) is 2. The lowest BCUT2D eigenvalue weighted by molar-refractivity contribution is 0.0127. The zero-order chi connectivity index (χ0) is 13.1. The second kappa shape index (κ2) is 5.41. The first-order valence-corrected chi connectivity index (χ1v) is 6.41. The van der Waals surface area contributed by atoms with Gasteiger partial charge in [-0.25, -0.2) is 4.39 Å². The second-order valence-electron chi connectivity index (χ2n) is 4.60. The van der Waals surface area contributed by atoms with Crippen LogP contribution in [0.3, 0.4) is 0 Å². The van der Waals surface area contributed by atoms with Gasteiger partial charge in [-0.05, 0) is 23.8 Å². The molecule has 0 N–H and O–H groups in total. The number of fused-ring (bicyclic) bond motifs is 1. The number of para-hydroxylation sites is 1. The van der Waals surface area contributed by atoms with Crippen LogP contribution in [0, 0.1) is 5.82 Å². The standard InChI is InChI=1S/C16H15FO2/c17-13-7-5-12(6-8-13)11-19-16-9-10-18-15-4-2-1-3-14(15)16/h1-8,16H,9-11H2. The molecule has 1 aliphatic heterocycles. The summed E-state index contributed by atoms with van der Waals surface area (Å²) < 4.78 is 24.3. The second-order valence-corrected chi connectivity index (χ2v) is 4.60. The van der Waals surface area contributed by atoms with Gasteiger partial charge in [0.2, 0.25) is 0 Å². The molecule has 1 aliphatic rings. The van der Waals surface area contributed by atoms with Crippen LogP contribution in [0.15, 0.2) is 48.5 Å². The zero-order valence-corrected chi connectivity index (χ0v) is 10.5. The van der Waals surface area contributed by atoms with Gasteiger partial charge >= 0.3 is 0 Å². The van der Waals surface area contributed by atoms with E-state index in [-0.39, 0.29) is 11.9 Å². The quantitative estimate of drug-likeness (QED) is 0.832. The number of benzene rings is 2. The van der Waals surface area contributed by atoms with Crippen LogP contribution in [0.5, 0.6) is 5.75 Å². The molecule has 0 amide bonds. The minimum atomic E-state index is -0.222. The summed E-state index contributed by atoms with van der Waals surface area (Å²) in [5.74, 6) is 0.679. The molecule has 1 heterocycles. The Morgan fingerprint density at radius 1 is 1.11 bits per heavy atom. The first kappa shape index (κ1) is 12.2. The molecule has 3 heteroatoms. The van der Waals surface area contributed by atoms with Crippen molar-refractivity contribution in [3.05, 3.63) is 65.5 Å². The molecule has 19 heavy (non-hydrogen) atoms. The summed E-state index contributed by atoms with van der Waals surface area (Å²) in [5, 5.41) is 0. The first-order valence-electron chi connectivity index (χ1n) is 6.41. The van der Waals surface area contributed by atoms with E-state index in [4.69, 9.17) is 9.47 Å². The molecule has 3 rings (SSSR count). The highest BCUT2D eigenvalue weighted by molar-refractivity contribution is 5.36. The molecule has 0 aromatic heterocycles. The van der Waals surface area contributed by atoms with Crippen molar-refractivity contribution in [3.8, 4) is 5.75 Å². The van der Waals surface area contributed by atoms with Gasteiger partial charge in [0.1, 0.15) is 11.6 Å². The molecule has 0 saturated heterocycles.